The molecule has 0 saturated carbocycles. The summed E-state index contributed by atoms with van der Waals surface area (Å²) in [6.45, 7) is 9.54. The number of nitrogens with zero attached hydrogens (tertiary/aromatic N) is 2. The van der Waals surface area contributed by atoms with Gasteiger partial charge in [0.15, 0.2) is 6.10 Å². The molecule has 1 atom stereocenters. The molecule has 0 bridgehead atoms. The molecule has 0 fully saturated rings. The number of ether oxygens (including phenoxy) is 1. The van der Waals surface area contributed by atoms with Gasteiger partial charge in [-0.15, -0.1) is 11.3 Å². The van der Waals surface area contributed by atoms with Gasteiger partial charge < -0.3 is 9.84 Å². The van der Waals surface area contributed by atoms with Crippen LogP contribution in [0.3, 0.4) is 0 Å². The molecule has 0 radical (unpaired) electrons. The maximum absolute atomic E-state index is 12.5. The summed E-state index contributed by atoms with van der Waals surface area (Å²) in [5.74, 6) is -1.000. The van der Waals surface area contributed by atoms with E-state index in [1.54, 1.807) is 11.3 Å². The van der Waals surface area contributed by atoms with Crippen LogP contribution in [-0.2, 0) is 22.4 Å². The number of aromatic amines is 1. The van der Waals surface area contributed by atoms with E-state index in [4.69, 9.17) is 9.72 Å². The number of rotatable bonds is 4. The fourth-order valence-corrected chi connectivity index (χ4v) is 6.24. The third-order valence-electron chi connectivity index (χ3n) is 6.33. The zero-order valence-corrected chi connectivity index (χ0v) is 20.5. The predicted molar refractivity (Wildman–Crippen MR) is 132 cm³/mol. The molecule has 0 spiro atoms. The lowest BCUT2D eigenvalue weighted by atomic mass is 9.87. The zero-order valence-electron chi connectivity index (χ0n) is 19.7. The van der Waals surface area contributed by atoms with Crippen molar-refractivity contribution in [3.63, 3.8) is 0 Å². The van der Waals surface area contributed by atoms with Crippen LogP contribution < -0.4 is 0 Å². The molecule has 1 aliphatic rings. The Morgan fingerprint density at radius 2 is 1.94 bits per heavy atom. The maximum atomic E-state index is 12.5. The van der Waals surface area contributed by atoms with Crippen LogP contribution in [0.5, 0.6) is 0 Å². The van der Waals surface area contributed by atoms with Gasteiger partial charge in [-0.3, -0.25) is 5.10 Å². The summed E-state index contributed by atoms with van der Waals surface area (Å²) in [6.07, 6.45) is 3.27. The van der Waals surface area contributed by atoms with E-state index in [0.717, 1.165) is 57.2 Å². The zero-order chi connectivity index (χ0) is 23.5. The minimum absolute atomic E-state index is 0.624. The summed E-state index contributed by atoms with van der Waals surface area (Å²) in [5, 5.41) is 19.8. The number of pyridine rings is 1. The Morgan fingerprint density at radius 3 is 2.67 bits per heavy atom. The van der Waals surface area contributed by atoms with Gasteiger partial charge in [0.05, 0.1) is 16.8 Å². The van der Waals surface area contributed by atoms with Crippen molar-refractivity contribution in [3.05, 3.63) is 45.6 Å². The van der Waals surface area contributed by atoms with E-state index >= 15 is 0 Å². The molecule has 3 heterocycles. The molecule has 0 saturated heterocycles. The highest BCUT2D eigenvalue weighted by Crippen LogP contribution is 2.46. The quantitative estimate of drug-likeness (QED) is 0.372. The first-order valence-electron chi connectivity index (χ1n) is 11.4. The Balaban J connectivity index is 1.88. The number of aromatic nitrogens is 3. The number of benzene rings is 1. The first-order chi connectivity index (χ1) is 15.6. The first-order valence-corrected chi connectivity index (χ1v) is 12.3. The lowest BCUT2D eigenvalue weighted by Crippen LogP contribution is -2.28. The molecule has 33 heavy (non-hydrogen) atoms. The van der Waals surface area contributed by atoms with E-state index in [0.29, 0.717) is 11.3 Å². The standard InChI is InChI=1S/C26H29N3O3S/c1-13-17-12-15(10-11-18(17)29-28-13)21-20(23(25(30)31)32-26(3,4)5)14(2)27-24-22(21)16-8-6-7-9-19(16)33-24/h10-12,23H,6-9H2,1-5H3,(H,28,29)(H,30,31)/t23-/m0/s1. The van der Waals surface area contributed by atoms with Gasteiger partial charge in [-0.05, 0) is 83.6 Å². The number of carboxylic acid groups (broad SMARTS) is 1. The summed E-state index contributed by atoms with van der Waals surface area (Å²) in [6, 6.07) is 6.20. The van der Waals surface area contributed by atoms with Gasteiger partial charge >= 0.3 is 5.97 Å². The van der Waals surface area contributed by atoms with Crippen LogP contribution in [0, 0.1) is 13.8 Å². The molecule has 7 heteroatoms. The smallest absolute Gasteiger partial charge is 0.337 e. The number of carboxylic acids is 1. The molecule has 5 rings (SSSR count). The van der Waals surface area contributed by atoms with E-state index in [9.17, 15) is 9.90 Å². The van der Waals surface area contributed by atoms with Crippen LogP contribution in [-0.4, -0.2) is 31.9 Å². The summed E-state index contributed by atoms with van der Waals surface area (Å²) in [4.78, 5) is 19.8. The Kier molecular flexibility index (Phi) is 5.29. The molecule has 3 aromatic heterocycles. The van der Waals surface area contributed by atoms with Gasteiger partial charge in [-0.2, -0.15) is 5.10 Å². The van der Waals surface area contributed by atoms with Gasteiger partial charge in [0.25, 0.3) is 0 Å². The van der Waals surface area contributed by atoms with Gasteiger partial charge in [0.1, 0.15) is 4.83 Å². The molecule has 1 aromatic carbocycles. The fourth-order valence-electron chi connectivity index (χ4n) is 4.92. The SMILES string of the molecule is Cc1nc2sc3c(c2c(-c2ccc4[nH]nc(C)c4c2)c1[C@H](OC(C)(C)C)C(=O)O)CCCC3. The topological polar surface area (TPSA) is 88.1 Å². The van der Waals surface area contributed by atoms with Crippen molar-refractivity contribution >= 4 is 38.4 Å². The number of fused-ring (bicyclic) bond motifs is 4. The third kappa shape index (κ3) is 3.83. The number of thiophene rings is 1. The average molecular weight is 464 g/mol. The average Bonchev–Trinajstić information content (AvgIpc) is 3.30. The molecular formula is C26H29N3O3S. The second kappa shape index (κ2) is 7.92. The van der Waals surface area contributed by atoms with Crippen LogP contribution in [0.25, 0.3) is 32.2 Å². The number of aryl methyl sites for hydroxylation is 4. The molecule has 6 nitrogen and oxygen atoms in total. The van der Waals surface area contributed by atoms with Crippen molar-refractivity contribution in [2.45, 2.75) is 72.0 Å². The lowest BCUT2D eigenvalue weighted by Gasteiger charge is -2.28. The second-order valence-corrected chi connectivity index (χ2v) is 11.0. The summed E-state index contributed by atoms with van der Waals surface area (Å²) >= 11 is 1.76. The van der Waals surface area contributed by atoms with Crippen molar-refractivity contribution in [3.8, 4) is 11.1 Å². The number of carbonyl (C=O) groups is 1. The molecule has 2 N–H and O–H groups in total. The van der Waals surface area contributed by atoms with Crippen LogP contribution in [0.15, 0.2) is 18.2 Å². The summed E-state index contributed by atoms with van der Waals surface area (Å²) in [7, 11) is 0. The first kappa shape index (κ1) is 22.0. The maximum Gasteiger partial charge on any atom is 0.337 e. The number of hydrogen-bond donors (Lipinski definition) is 2. The Bertz CT molecular complexity index is 1390. The monoisotopic (exact) mass is 463 g/mol. The van der Waals surface area contributed by atoms with E-state index in [2.05, 4.69) is 22.3 Å². The van der Waals surface area contributed by atoms with Crippen LogP contribution in [0.2, 0.25) is 0 Å². The largest absolute Gasteiger partial charge is 0.479 e. The molecule has 0 amide bonds. The van der Waals surface area contributed by atoms with Gasteiger partial charge in [0.2, 0.25) is 0 Å². The van der Waals surface area contributed by atoms with E-state index in [1.165, 1.54) is 16.9 Å². The van der Waals surface area contributed by atoms with Crippen molar-refractivity contribution in [1.82, 2.24) is 15.2 Å². The van der Waals surface area contributed by atoms with Crippen LogP contribution in [0.1, 0.15) is 67.1 Å². The highest BCUT2D eigenvalue weighted by Gasteiger charge is 2.34. The molecule has 0 aliphatic heterocycles. The number of aliphatic carboxylic acids is 1. The van der Waals surface area contributed by atoms with Crippen molar-refractivity contribution in [2.75, 3.05) is 0 Å². The highest BCUT2D eigenvalue weighted by molar-refractivity contribution is 7.19. The van der Waals surface area contributed by atoms with E-state index < -0.39 is 17.7 Å². The highest BCUT2D eigenvalue weighted by atomic mass is 32.1. The van der Waals surface area contributed by atoms with Gasteiger partial charge in [-0.25, -0.2) is 9.78 Å². The summed E-state index contributed by atoms with van der Waals surface area (Å²) < 4.78 is 6.14. The van der Waals surface area contributed by atoms with Crippen molar-refractivity contribution in [1.29, 1.82) is 0 Å². The third-order valence-corrected chi connectivity index (χ3v) is 7.52. The normalized spacial score (nSPS) is 15.2. The fraction of sp³-hybridized carbons (Fsp3) is 0.423. The molecular weight excluding hydrogens is 434 g/mol. The molecule has 0 unspecified atom stereocenters. The minimum atomic E-state index is -1.11. The molecule has 4 aromatic rings. The van der Waals surface area contributed by atoms with Gasteiger partial charge in [0, 0.05) is 32.5 Å². The number of hydrogen-bond acceptors (Lipinski definition) is 5. The van der Waals surface area contributed by atoms with E-state index in [1.807, 2.05) is 40.7 Å². The molecule has 172 valence electrons. The van der Waals surface area contributed by atoms with Crippen LogP contribution >= 0.6 is 11.3 Å². The Hall–Kier alpha value is -2.77. The molecule has 1 aliphatic carbocycles. The minimum Gasteiger partial charge on any atom is -0.479 e. The van der Waals surface area contributed by atoms with Crippen molar-refractivity contribution < 1.29 is 14.6 Å². The van der Waals surface area contributed by atoms with Gasteiger partial charge in [-0.1, -0.05) is 6.07 Å². The number of H-pyrrole nitrogens is 1. The predicted octanol–water partition coefficient (Wildman–Crippen LogP) is 6.28. The lowest BCUT2D eigenvalue weighted by molar-refractivity contribution is -0.160. The Morgan fingerprint density at radius 1 is 1.18 bits per heavy atom. The van der Waals surface area contributed by atoms with Crippen molar-refractivity contribution in [2.24, 2.45) is 0 Å². The number of nitrogens with one attached hydrogen (secondary N) is 1. The Labute approximate surface area is 197 Å². The van der Waals surface area contributed by atoms with Crippen LogP contribution in [0.4, 0.5) is 0 Å². The van der Waals surface area contributed by atoms with E-state index in [-0.39, 0.29) is 0 Å². The second-order valence-electron chi connectivity index (χ2n) is 9.89. The summed E-state index contributed by atoms with van der Waals surface area (Å²) in [5.41, 5.74) is 5.86.